The van der Waals surface area contributed by atoms with Crippen molar-refractivity contribution < 1.29 is 23.8 Å². The normalized spacial score (nSPS) is 14.1. The van der Waals surface area contributed by atoms with Crippen molar-refractivity contribution in [2.75, 3.05) is 14.2 Å². The van der Waals surface area contributed by atoms with Crippen LogP contribution in [0.2, 0.25) is 0 Å². The van der Waals surface area contributed by atoms with E-state index in [2.05, 4.69) is 4.74 Å². The summed E-state index contributed by atoms with van der Waals surface area (Å²) in [5.41, 5.74) is -2.31. The van der Waals surface area contributed by atoms with Crippen molar-refractivity contribution in [3.8, 4) is 5.75 Å². The van der Waals surface area contributed by atoms with E-state index in [1.54, 1.807) is 0 Å². The van der Waals surface area contributed by atoms with Gasteiger partial charge in [0.05, 0.1) is 19.8 Å². The number of hydrogen-bond donors (Lipinski definition) is 1. The Morgan fingerprint density at radius 3 is 2.56 bits per heavy atom. The minimum absolute atomic E-state index is 0.0930. The van der Waals surface area contributed by atoms with Gasteiger partial charge in [0.1, 0.15) is 11.6 Å². The molecule has 0 fully saturated rings. The first kappa shape index (κ1) is 12.4. The number of halogens is 1. The third-order valence-corrected chi connectivity index (χ3v) is 2.26. The van der Waals surface area contributed by atoms with Crippen molar-refractivity contribution >= 4 is 5.97 Å². The molecule has 88 valence electrons. The van der Waals surface area contributed by atoms with Crippen molar-refractivity contribution in [2.45, 2.75) is 12.5 Å². The maximum Gasteiger partial charge on any atom is 0.342 e. The lowest BCUT2D eigenvalue weighted by Gasteiger charge is -2.23. The molecule has 1 rings (SSSR count). The summed E-state index contributed by atoms with van der Waals surface area (Å²) in [5, 5.41) is 9.95. The largest absolute Gasteiger partial charge is 0.496 e. The number of aliphatic hydroxyl groups is 1. The number of hydrogen-bond acceptors (Lipinski definition) is 4. The third kappa shape index (κ3) is 1.99. The van der Waals surface area contributed by atoms with E-state index in [1.165, 1.54) is 19.2 Å². The number of methoxy groups -OCH3 is 2. The van der Waals surface area contributed by atoms with Crippen LogP contribution in [0.5, 0.6) is 5.75 Å². The van der Waals surface area contributed by atoms with Crippen LogP contribution < -0.4 is 4.74 Å². The SMILES string of the molecule is COC(=O)C(C)(O)c1c(F)cccc1OC. The minimum Gasteiger partial charge on any atom is -0.496 e. The molecule has 4 nitrogen and oxygen atoms in total. The highest BCUT2D eigenvalue weighted by Gasteiger charge is 2.39. The molecular formula is C11H13FO4. The Morgan fingerprint density at radius 1 is 1.44 bits per heavy atom. The molecule has 1 aromatic rings. The van der Waals surface area contributed by atoms with Gasteiger partial charge in [0.2, 0.25) is 0 Å². The fraction of sp³-hybridized carbons (Fsp3) is 0.364. The van der Waals surface area contributed by atoms with Gasteiger partial charge in [-0.25, -0.2) is 9.18 Å². The Kier molecular flexibility index (Phi) is 3.49. The summed E-state index contributed by atoms with van der Waals surface area (Å²) in [5.74, 6) is -1.58. The van der Waals surface area contributed by atoms with Gasteiger partial charge in [-0.3, -0.25) is 0 Å². The third-order valence-electron chi connectivity index (χ3n) is 2.26. The predicted octanol–water partition coefficient (Wildman–Crippen LogP) is 1.21. The smallest absolute Gasteiger partial charge is 0.342 e. The van der Waals surface area contributed by atoms with Crippen LogP contribution in [0.15, 0.2) is 18.2 Å². The highest BCUT2D eigenvalue weighted by atomic mass is 19.1. The average Bonchev–Trinajstić information content (AvgIpc) is 2.26. The van der Waals surface area contributed by atoms with E-state index in [0.717, 1.165) is 20.1 Å². The van der Waals surface area contributed by atoms with E-state index >= 15 is 0 Å². The molecule has 0 radical (unpaired) electrons. The first-order valence-corrected chi connectivity index (χ1v) is 4.59. The fourth-order valence-electron chi connectivity index (χ4n) is 1.45. The van der Waals surface area contributed by atoms with Gasteiger partial charge >= 0.3 is 5.97 Å². The summed E-state index contributed by atoms with van der Waals surface area (Å²) in [6.07, 6.45) is 0. The molecule has 5 heteroatoms. The molecule has 0 spiro atoms. The first-order chi connectivity index (χ1) is 7.45. The average molecular weight is 228 g/mol. The molecule has 1 unspecified atom stereocenters. The van der Waals surface area contributed by atoms with Gasteiger partial charge in [-0.05, 0) is 19.1 Å². The fourth-order valence-corrected chi connectivity index (χ4v) is 1.45. The maximum atomic E-state index is 13.6. The molecule has 0 heterocycles. The first-order valence-electron chi connectivity index (χ1n) is 4.59. The maximum absolute atomic E-state index is 13.6. The molecule has 0 bridgehead atoms. The van der Waals surface area contributed by atoms with Crippen molar-refractivity contribution in [3.05, 3.63) is 29.6 Å². The summed E-state index contributed by atoms with van der Waals surface area (Å²) >= 11 is 0. The number of carbonyl (C=O) groups excluding carboxylic acids is 1. The van der Waals surface area contributed by atoms with Crippen LogP contribution in [0, 0.1) is 5.82 Å². The van der Waals surface area contributed by atoms with Gasteiger partial charge in [-0.2, -0.15) is 0 Å². The number of esters is 1. The van der Waals surface area contributed by atoms with Crippen LogP contribution in [-0.4, -0.2) is 25.3 Å². The van der Waals surface area contributed by atoms with Gasteiger partial charge in [-0.1, -0.05) is 6.07 Å². The van der Waals surface area contributed by atoms with Crippen LogP contribution in [-0.2, 0) is 15.1 Å². The van der Waals surface area contributed by atoms with Crippen LogP contribution in [0.3, 0.4) is 0 Å². The molecule has 1 N–H and O–H groups in total. The number of ether oxygens (including phenoxy) is 2. The van der Waals surface area contributed by atoms with E-state index in [9.17, 15) is 14.3 Å². The molecular weight excluding hydrogens is 215 g/mol. The summed E-state index contributed by atoms with van der Waals surface area (Å²) in [6, 6.07) is 4.01. The Balaban J connectivity index is 3.36. The number of carbonyl (C=O) groups is 1. The molecule has 1 atom stereocenters. The molecule has 0 saturated heterocycles. The summed E-state index contributed by atoms with van der Waals surface area (Å²) in [7, 11) is 2.44. The van der Waals surface area contributed by atoms with E-state index in [4.69, 9.17) is 4.74 Å². The highest BCUT2D eigenvalue weighted by molar-refractivity contribution is 5.81. The molecule has 0 aromatic heterocycles. The second kappa shape index (κ2) is 4.49. The van der Waals surface area contributed by atoms with Gasteiger partial charge in [0, 0.05) is 0 Å². The summed E-state index contributed by atoms with van der Waals surface area (Å²) in [4.78, 5) is 11.4. The van der Waals surface area contributed by atoms with Gasteiger partial charge in [-0.15, -0.1) is 0 Å². The van der Waals surface area contributed by atoms with Crippen molar-refractivity contribution in [2.24, 2.45) is 0 Å². The molecule has 1 aromatic carbocycles. The van der Waals surface area contributed by atoms with Crippen LogP contribution in [0.4, 0.5) is 4.39 Å². The molecule has 16 heavy (non-hydrogen) atoms. The Bertz CT molecular complexity index is 401. The second-order valence-electron chi connectivity index (χ2n) is 3.38. The zero-order valence-corrected chi connectivity index (χ0v) is 9.28. The van der Waals surface area contributed by atoms with Crippen LogP contribution >= 0.6 is 0 Å². The Morgan fingerprint density at radius 2 is 2.06 bits per heavy atom. The van der Waals surface area contributed by atoms with Gasteiger partial charge < -0.3 is 14.6 Å². The summed E-state index contributed by atoms with van der Waals surface area (Å²) in [6.45, 7) is 1.15. The van der Waals surface area contributed by atoms with Gasteiger partial charge in [0.15, 0.2) is 5.60 Å². The topological polar surface area (TPSA) is 55.8 Å². The Labute approximate surface area is 92.6 Å². The zero-order chi connectivity index (χ0) is 12.3. The number of benzene rings is 1. The summed E-state index contributed by atoms with van der Waals surface area (Å²) < 4.78 is 22.9. The van der Waals surface area contributed by atoms with Gasteiger partial charge in [0.25, 0.3) is 0 Å². The molecule has 0 aliphatic rings. The predicted molar refractivity (Wildman–Crippen MR) is 54.5 cm³/mol. The zero-order valence-electron chi connectivity index (χ0n) is 9.28. The van der Waals surface area contributed by atoms with Crippen LogP contribution in [0.1, 0.15) is 12.5 Å². The lowest BCUT2D eigenvalue weighted by molar-refractivity contribution is -0.161. The van der Waals surface area contributed by atoms with Crippen molar-refractivity contribution in [1.29, 1.82) is 0 Å². The van der Waals surface area contributed by atoms with Crippen LogP contribution in [0.25, 0.3) is 0 Å². The van der Waals surface area contributed by atoms with E-state index < -0.39 is 17.4 Å². The molecule has 0 saturated carbocycles. The van der Waals surface area contributed by atoms with Crippen molar-refractivity contribution in [3.63, 3.8) is 0 Å². The van der Waals surface area contributed by atoms with E-state index in [0.29, 0.717) is 0 Å². The minimum atomic E-state index is -2.08. The second-order valence-corrected chi connectivity index (χ2v) is 3.38. The number of rotatable bonds is 3. The molecule has 0 amide bonds. The lowest BCUT2D eigenvalue weighted by atomic mass is 9.94. The standard InChI is InChI=1S/C11H13FO4/c1-11(14,10(13)16-3)9-7(12)5-4-6-8(9)15-2/h4-6,14H,1-3H3. The lowest BCUT2D eigenvalue weighted by Crippen LogP contribution is -2.34. The molecule has 0 aliphatic heterocycles. The quantitative estimate of drug-likeness (QED) is 0.790. The molecule has 0 aliphatic carbocycles. The van der Waals surface area contributed by atoms with Crippen molar-refractivity contribution in [1.82, 2.24) is 0 Å². The van der Waals surface area contributed by atoms with E-state index in [1.807, 2.05) is 0 Å². The monoisotopic (exact) mass is 228 g/mol. The van der Waals surface area contributed by atoms with E-state index in [-0.39, 0.29) is 11.3 Å². The highest BCUT2D eigenvalue weighted by Crippen LogP contribution is 2.32. The Hall–Kier alpha value is -1.62.